The number of nitrogens with one attached hydrogen (secondary N) is 1. The van der Waals surface area contributed by atoms with Gasteiger partial charge in [-0.3, -0.25) is 10.3 Å². The number of carbonyl (C=O) groups excluding carboxylic acids is 1. The van der Waals surface area contributed by atoms with Gasteiger partial charge in [0.05, 0.1) is 22.9 Å². The van der Waals surface area contributed by atoms with E-state index in [1.807, 2.05) is 6.08 Å². The van der Waals surface area contributed by atoms with Gasteiger partial charge >= 0.3 is 6.03 Å². The molecule has 4 rings (SSSR count). The monoisotopic (exact) mass is 490 g/mol. The summed E-state index contributed by atoms with van der Waals surface area (Å²) in [4.78, 5) is 22.4. The molecule has 0 spiro atoms. The summed E-state index contributed by atoms with van der Waals surface area (Å²) in [6.45, 7) is 1.43. The number of amides is 2. The van der Waals surface area contributed by atoms with Gasteiger partial charge in [-0.15, -0.1) is 10.2 Å². The molecule has 0 aromatic carbocycles. The number of aromatic nitrogens is 4. The maximum Gasteiger partial charge on any atom is 0.323 e. The highest BCUT2D eigenvalue weighted by Crippen LogP contribution is 2.30. The number of pyridine rings is 2. The first-order valence-electron chi connectivity index (χ1n) is 10.4. The molecule has 1 aliphatic rings. The topological polar surface area (TPSA) is 117 Å². The number of alkyl halides is 2. The quantitative estimate of drug-likeness (QED) is 0.533. The highest BCUT2D eigenvalue weighted by Gasteiger charge is 2.25. The van der Waals surface area contributed by atoms with E-state index in [2.05, 4.69) is 25.5 Å². The molecular weight excluding hydrogens is 470 g/mol. The Labute approximate surface area is 198 Å². The molecular formula is C22H21ClF2N6O3. The Kier molecular flexibility index (Phi) is 6.85. The van der Waals surface area contributed by atoms with Crippen molar-refractivity contribution in [2.45, 2.75) is 25.7 Å². The third kappa shape index (κ3) is 5.37. The minimum atomic E-state index is -2.99. The average molecular weight is 491 g/mol. The fraction of sp³-hybridized carbons (Fsp3) is 0.318. The summed E-state index contributed by atoms with van der Waals surface area (Å²) in [6, 6.07) is 3.87. The van der Waals surface area contributed by atoms with Crippen molar-refractivity contribution in [3.05, 3.63) is 58.8 Å². The standard InChI is InChI=1S/C22H21ClF2N6O3/c1-22(24,25)15-2-3-17(26-12-15)28-21(33)31-7-4-13(5-8-31)19-16(23)10-14(11-27-19)20-30-29-18(34-20)6-9-32/h2-4,10-12,32H,5-9H2,1H3,(H,26,28,33). The van der Waals surface area contributed by atoms with Gasteiger partial charge in [0.25, 0.3) is 5.92 Å². The van der Waals surface area contributed by atoms with E-state index in [0.717, 1.165) is 18.7 Å². The van der Waals surface area contributed by atoms with E-state index < -0.39 is 5.92 Å². The molecule has 3 aromatic heterocycles. The third-order valence-corrected chi connectivity index (χ3v) is 5.47. The number of aliphatic hydroxyl groups is 1. The molecule has 2 N–H and O–H groups in total. The van der Waals surface area contributed by atoms with E-state index in [1.165, 1.54) is 12.1 Å². The van der Waals surface area contributed by atoms with E-state index in [9.17, 15) is 13.6 Å². The van der Waals surface area contributed by atoms with Crippen LogP contribution < -0.4 is 5.32 Å². The Morgan fingerprint density at radius 2 is 2.12 bits per heavy atom. The normalized spacial score (nSPS) is 14.1. The molecule has 0 aliphatic carbocycles. The maximum atomic E-state index is 13.3. The fourth-order valence-corrected chi connectivity index (χ4v) is 3.63. The second kappa shape index (κ2) is 9.82. The molecule has 0 fully saturated rings. The second-order valence-electron chi connectivity index (χ2n) is 7.71. The molecule has 178 valence electrons. The minimum Gasteiger partial charge on any atom is -0.421 e. The molecule has 1 aliphatic heterocycles. The van der Waals surface area contributed by atoms with Gasteiger partial charge < -0.3 is 14.4 Å². The molecule has 12 heteroatoms. The zero-order valence-electron chi connectivity index (χ0n) is 18.1. The van der Waals surface area contributed by atoms with Crippen molar-refractivity contribution in [1.82, 2.24) is 25.1 Å². The van der Waals surface area contributed by atoms with Gasteiger partial charge in [-0.2, -0.15) is 0 Å². The number of anilines is 1. The Balaban J connectivity index is 1.39. The molecule has 0 atom stereocenters. The number of halogens is 3. The number of aliphatic hydroxyl groups excluding tert-OH is 1. The van der Waals surface area contributed by atoms with Crippen LogP contribution in [0.2, 0.25) is 5.02 Å². The SMILES string of the molecule is CC(F)(F)c1ccc(NC(=O)N2CC=C(c3ncc(-c4nnc(CCO)o4)cc3Cl)CC2)nc1. The number of urea groups is 1. The van der Waals surface area contributed by atoms with E-state index in [0.29, 0.717) is 41.7 Å². The third-order valence-electron chi connectivity index (χ3n) is 5.19. The van der Waals surface area contributed by atoms with E-state index in [1.54, 1.807) is 17.2 Å². The van der Waals surface area contributed by atoms with Crippen LogP contribution in [0.5, 0.6) is 0 Å². The van der Waals surface area contributed by atoms with Crippen molar-refractivity contribution in [2.75, 3.05) is 25.0 Å². The molecule has 0 unspecified atom stereocenters. The molecule has 0 radical (unpaired) electrons. The summed E-state index contributed by atoms with van der Waals surface area (Å²) in [5, 5.41) is 19.8. The molecule has 0 saturated heterocycles. The van der Waals surface area contributed by atoms with Gasteiger partial charge in [-0.05, 0) is 30.2 Å². The van der Waals surface area contributed by atoms with Crippen LogP contribution in [0.4, 0.5) is 19.4 Å². The number of rotatable bonds is 6. The van der Waals surface area contributed by atoms with E-state index in [-0.39, 0.29) is 36.3 Å². The second-order valence-corrected chi connectivity index (χ2v) is 8.11. The van der Waals surface area contributed by atoms with E-state index >= 15 is 0 Å². The molecule has 4 heterocycles. The lowest BCUT2D eigenvalue weighted by atomic mass is 10.0. The van der Waals surface area contributed by atoms with Crippen LogP contribution >= 0.6 is 11.6 Å². The van der Waals surface area contributed by atoms with Crippen molar-refractivity contribution in [3.8, 4) is 11.5 Å². The summed E-state index contributed by atoms with van der Waals surface area (Å²) in [5.41, 5.74) is 1.82. The van der Waals surface area contributed by atoms with Gasteiger partial charge in [-0.25, -0.2) is 18.6 Å². The number of hydrogen-bond acceptors (Lipinski definition) is 7. The first-order chi connectivity index (χ1) is 16.2. The van der Waals surface area contributed by atoms with Crippen molar-refractivity contribution < 1.29 is 23.1 Å². The van der Waals surface area contributed by atoms with Crippen LogP contribution in [0, 0.1) is 0 Å². The van der Waals surface area contributed by atoms with Crippen molar-refractivity contribution in [2.24, 2.45) is 0 Å². The average Bonchev–Trinajstić information content (AvgIpc) is 3.28. The fourth-order valence-electron chi connectivity index (χ4n) is 3.34. The van der Waals surface area contributed by atoms with Crippen LogP contribution in [0.15, 0.2) is 41.1 Å². The lowest BCUT2D eigenvalue weighted by Crippen LogP contribution is -2.38. The minimum absolute atomic E-state index is 0.0939. The van der Waals surface area contributed by atoms with Gasteiger partial charge in [-0.1, -0.05) is 17.7 Å². The van der Waals surface area contributed by atoms with Crippen LogP contribution in [-0.2, 0) is 12.3 Å². The van der Waals surface area contributed by atoms with E-state index in [4.69, 9.17) is 21.1 Å². The summed E-state index contributed by atoms with van der Waals surface area (Å²) >= 11 is 6.44. The molecule has 34 heavy (non-hydrogen) atoms. The van der Waals surface area contributed by atoms with Crippen LogP contribution in [0.1, 0.15) is 30.5 Å². The summed E-state index contributed by atoms with van der Waals surface area (Å²) in [7, 11) is 0. The highest BCUT2D eigenvalue weighted by molar-refractivity contribution is 6.32. The van der Waals surface area contributed by atoms with Crippen LogP contribution in [-0.4, -0.2) is 55.9 Å². The number of carbonyl (C=O) groups is 1. The Morgan fingerprint density at radius 1 is 1.29 bits per heavy atom. The Bertz CT molecular complexity index is 1210. The van der Waals surface area contributed by atoms with Crippen LogP contribution in [0.3, 0.4) is 0 Å². The lowest BCUT2D eigenvalue weighted by Gasteiger charge is -2.26. The number of hydrogen-bond donors (Lipinski definition) is 2. The molecule has 9 nitrogen and oxygen atoms in total. The zero-order valence-corrected chi connectivity index (χ0v) is 18.9. The smallest absolute Gasteiger partial charge is 0.323 e. The first-order valence-corrected chi connectivity index (χ1v) is 10.8. The predicted octanol–water partition coefficient (Wildman–Crippen LogP) is 4.15. The first kappa shape index (κ1) is 23.7. The summed E-state index contributed by atoms with van der Waals surface area (Å²) < 4.78 is 32.1. The number of nitrogens with zero attached hydrogens (tertiary/aromatic N) is 5. The molecule has 3 aromatic rings. The predicted molar refractivity (Wildman–Crippen MR) is 120 cm³/mol. The van der Waals surface area contributed by atoms with Crippen molar-refractivity contribution in [1.29, 1.82) is 0 Å². The summed E-state index contributed by atoms with van der Waals surface area (Å²) in [6.07, 6.45) is 5.26. The van der Waals surface area contributed by atoms with Gasteiger partial charge in [0.15, 0.2) is 0 Å². The van der Waals surface area contributed by atoms with Crippen LogP contribution in [0.25, 0.3) is 17.0 Å². The largest absolute Gasteiger partial charge is 0.421 e. The van der Waals surface area contributed by atoms with Gasteiger partial charge in [0, 0.05) is 44.4 Å². The Hall–Kier alpha value is -3.44. The Morgan fingerprint density at radius 3 is 2.74 bits per heavy atom. The van der Waals surface area contributed by atoms with Gasteiger partial charge in [0.2, 0.25) is 11.8 Å². The van der Waals surface area contributed by atoms with Gasteiger partial charge in [0.1, 0.15) is 5.82 Å². The molecule has 0 saturated carbocycles. The zero-order chi connectivity index (χ0) is 24.3. The molecule has 2 amide bonds. The lowest BCUT2D eigenvalue weighted by molar-refractivity contribution is 0.0171. The summed E-state index contributed by atoms with van der Waals surface area (Å²) in [5.74, 6) is -2.23. The highest BCUT2D eigenvalue weighted by atomic mass is 35.5. The van der Waals surface area contributed by atoms with Crippen molar-refractivity contribution in [3.63, 3.8) is 0 Å². The molecule has 0 bridgehead atoms. The maximum absolute atomic E-state index is 13.3. The van der Waals surface area contributed by atoms with Crippen molar-refractivity contribution >= 4 is 29.0 Å².